The molecule has 0 radical (unpaired) electrons. The predicted molar refractivity (Wildman–Crippen MR) is 65.6 cm³/mol. The number of aromatic hydroxyl groups is 1. The summed E-state index contributed by atoms with van der Waals surface area (Å²) in [5.74, 6) is 0.557. The van der Waals surface area contributed by atoms with Crippen molar-refractivity contribution in [3.05, 3.63) is 23.8 Å². The Balaban J connectivity index is 2.03. The van der Waals surface area contributed by atoms with Crippen molar-refractivity contribution in [2.75, 3.05) is 13.2 Å². The van der Waals surface area contributed by atoms with Crippen LogP contribution in [0.4, 0.5) is 0 Å². The molecule has 0 spiro atoms. The maximum Gasteiger partial charge on any atom is 0.322 e. The Morgan fingerprint density at radius 1 is 1.67 bits per heavy atom. The number of rotatable bonds is 4. The van der Waals surface area contributed by atoms with Crippen molar-refractivity contribution in [1.29, 1.82) is 0 Å². The molecule has 5 nitrogen and oxygen atoms in total. The summed E-state index contributed by atoms with van der Waals surface area (Å²) >= 11 is 0. The van der Waals surface area contributed by atoms with E-state index in [1.807, 2.05) is 0 Å². The molecule has 2 unspecified atom stereocenters. The van der Waals surface area contributed by atoms with Gasteiger partial charge in [-0.05, 0) is 26.0 Å². The molecule has 0 aliphatic carbocycles. The zero-order valence-corrected chi connectivity index (χ0v) is 10.5. The number of hydrogen-bond acceptors (Lipinski definition) is 5. The second kappa shape index (κ2) is 5.27. The Morgan fingerprint density at radius 3 is 3.17 bits per heavy atom. The van der Waals surface area contributed by atoms with Crippen molar-refractivity contribution in [3.63, 3.8) is 0 Å². The van der Waals surface area contributed by atoms with Crippen molar-refractivity contribution in [2.24, 2.45) is 0 Å². The van der Waals surface area contributed by atoms with Gasteiger partial charge in [-0.1, -0.05) is 0 Å². The fourth-order valence-corrected chi connectivity index (χ4v) is 1.97. The van der Waals surface area contributed by atoms with Crippen LogP contribution >= 0.6 is 0 Å². The molecule has 1 aromatic rings. The maximum atomic E-state index is 11.5. The summed E-state index contributed by atoms with van der Waals surface area (Å²) in [5.41, 5.74) is 0.948. The van der Waals surface area contributed by atoms with Gasteiger partial charge in [0.2, 0.25) is 0 Å². The number of fused-ring (bicyclic) bond motifs is 1. The standard InChI is InChI=1S/C13H17NO4/c1-3-17-13(16)8(2)14-11-7-18-12-6-9(15)4-5-10(11)12/h4-6,8,11,14-15H,3,7H2,1-2H3. The predicted octanol–water partition coefficient (Wildman–Crippen LogP) is 1.37. The molecule has 98 valence electrons. The molecule has 1 heterocycles. The summed E-state index contributed by atoms with van der Waals surface area (Å²) in [6, 6.07) is 4.54. The minimum atomic E-state index is -0.390. The first-order chi connectivity index (χ1) is 8.61. The lowest BCUT2D eigenvalue weighted by Crippen LogP contribution is -2.38. The molecule has 5 heteroatoms. The Labute approximate surface area is 106 Å². The highest BCUT2D eigenvalue weighted by atomic mass is 16.5. The Kier molecular flexibility index (Phi) is 3.72. The third-order valence-electron chi connectivity index (χ3n) is 2.87. The van der Waals surface area contributed by atoms with Crippen LogP contribution < -0.4 is 10.1 Å². The summed E-state index contributed by atoms with van der Waals surface area (Å²) in [4.78, 5) is 11.5. The van der Waals surface area contributed by atoms with E-state index >= 15 is 0 Å². The van der Waals surface area contributed by atoms with Crippen LogP contribution in [-0.2, 0) is 9.53 Å². The van der Waals surface area contributed by atoms with Gasteiger partial charge in [-0.25, -0.2) is 0 Å². The van der Waals surface area contributed by atoms with E-state index in [2.05, 4.69) is 5.32 Å². The third-order valence-corrected chi connectivity index (χ3v) is 2.87. The van der Waals surface area contributed by atoms with E-state index in [0.717, 1.165) is 5.56 Å². The van der Waals surface area contributed by atoms with Gasteiger partial charge in [-0.2, -0.15) is 0 Å². The highest BCUT2D eigenvalue weighted by molar-refractivity contribution is 5.75. The van der Waals surface area contributed by atoms with Gasteiger partial charge < -0.3 is 14.6 Å². The van der Waals surface area contributed by atoms with Gasteiger partial charge in [0.25, 0.3) is 0 Å². The van der Waals surface area contributed by atoms with Gasteiger partial charge in [0, 0.05) is 11.6 Å². The van der Waals surface area contributed by atoms with Crippen LogP contribution in [-0.4, -0.2) is 30.3 Å². The van der Waals surface area contributed by atoms with Crippen LogP contribution in [0.3, 0.4) is 0 Å². The fourth-order valence-electron chi connectivity index (χ4n) is 1.97. The van der Waals surface area contributed by atoms with Gasteiger partial charge in [0.05, 0.1) is 12.6 Å². The number of carbonyl (C=O) groups is 1. The number of nitrogens with one attached hydrogen (secondary N) is 1. The van der Waals surface area contributed by atoms with Crippen molar-refractivity contribution in [1.82, 2.24) is 5.32 Å². The molecule has 0 saturated carbocycles. The molecule has 2 N–H and O–H groups in total. The average molecular weight is 251 g/mol. The van der Waals surface area contributed by atoms with Gasteiger partial charge in [0.1, 0.15) is 24.1 Å². The van der Waals surface area contributed by atoms with Crippen LogP contribution in [0.5, 0.6) is 11.5 Å². The molecule has 1 aliphatic heterocycles. The summed E-state index contributed by atoms with van der Waals surface area (Å²) in [6.45, 7) is 4.36. The van der Waals surface area contributed by atoms with Crippen molar-refractivity contribution < 1.29 is 19.4 Å². The summed E-state index contributed by atoms with van der Waals surface area (Å²) in [7, 11) is 0. The molecule has 0 amide bonds. The number of carbonyl (C=O) groups excluding carboxylic acids is 1. The second-order valence-electron chi connectivity index (χ2n) is 4.23. The topological polar surface area (TPSA) is 67.8 Å². The van der Waals surface area contributed by atoms with Gasteiger partial charge >= 0.3 is 5.97 Å². The summed E-state index contributed by atoms with van der Waals surface area (Å²) < 4.78 is 10.4. The second-order valence-corrected chi connectivity index (χ2v) is 4.23. The molecule has 2 rings (SSSR count). The first-order valence-corrected chi connectivity index (χ1v) is 6.00. The Bertz CT molecular complexity index is 447. The van der Waals surface area contributed by atoms with E-state index < -0.39 is 6.04 Å². The van der Waals surface area contributed by atoms with Crippen LogP contribution in [0.1, 0.15) is 25.5 Å². The van der Waals surface area contributed by atoms with Crippen LogP contribution in [0.15, 0.2) is 18.2 Å². The van der Waals surface area contributed by atoms with Gasteiger partial charge in [-0.15, -0.1) is 0 Å². The number of ether oxygens (including phenoxy) is 2. The highest BCUT2D eigenvalue weighted by Gasteiger charge is 2.27. The Hall–Kier alpha value is -1.75. The van der Waals surface area contributed by atoms with E-state index in [1.54, 1.807) is 32.0 Å². The molecular weight excluding hydrogens is 234 g/mol. The lowest BCUT2D eigenvalue weighted by Gasteiger charge is -2.17. The monoisotopic (exact) mass is 251 g/mol. The first-order valence-electron chi connectivity index (χ1n) is 6.00. The lowest BCUT2D eigenvalue weighted by atomic mass is 10.1. The molecule has 1 aromatic carbocycles. The zero-order valence-electron chi connectivity index (χ0n) is 10.5. The number of benzene rings is 1. The molecule has 2 atom stereocenters. The number of esters is 1. The minimum Gasteiger partial charge on any atom is -0.508 e. The quantitative estimate of drug-likeness (QED) is 0.791. The van der Waals surface area contributed by atoms with Gasteiger partial charge in [-0.3, -0.25) is 10.1 Å². The molecule has 0 bridgehead atoms. The molecule has 0 aromatic heterocycles. The highest BCUT2D eigenvalue weighted by Crippen LogP contribution is 2.34. The number of hydrogen-bond donors (Lipinski definition) is 2. The third kappa shape index (κ3) is 2.56. The minimum absolute atomic E-state index is 0.0555. The average Bonchev–Trinajstić information content (AvgIpc) is 2.72. The summed E-state index contributed by atoms with van der Waals surface area (Å²) in [5, 5.41) is 12.5. The molecular formula is C13H17NO4. The Morgan fingerprint density at radius 2 is 2.44 bits per heavy atom. The van der Waals surface area contributed by atoms with Gasteiger partial charge in [0.15, 0.2) is 0 Å². The van der Waals surface area contributed by atoms with E-state index in [0.29, 0.717) is 19.0 Å². The SMILES string of the molecule is CCOC(=O)C(C)NC1COc2cc(O)ccc21. The molecule has 0 saturated heterocycles. The normalized spacial score (nSPS) is 18.9. The van der Waals surface area contributed by atoms with E-state index in [9.17, 15) is 9.90 Å². The van der Waals surface area contributed by atoms with E-state index in [1.165, 1.54) is 0 Å². The van der Waals surface area contributed by atoms with Crippen LogP contribution in [0.2, 0.25) is 0 Å². The van der Waals surface area contributed by atoms with E-state index in [4.69, 9.17) is 9.47 Å². The maximum absolute atomic E-state index is 11.5. The van der Waals surface area contributed by atoms with Crippen LogP contribution in [0.25, 0.3) is 0 Å². The smallest absolute Gasteiger partial charge is 0.322 e. The molecule has 1 aliphatic rings. The largest absolute Gasteiger partial charge is 0.508 e. The zero-order chi connectivity index (χ0) is 13.1. The van der Waals surface area contributed by atoms with E-state index in [-0.39, 0.29) is 17.8 Å². The van der Waals surface area contributed by atoms with Crippen molar-refractivity contribution >= 4 is 5.97 Å². The van der Waals surface area contributed by atoms with Crippen LogP contribution in [0, 0.1) is 0 Å². The van der Waals surface area contributed by atoms with Crippen molar-refractivity contribution in [3.8, 4) is 11.5 Å². The number of phenolic OH excluding ortho intramolecular Hbond substituents is 1. The molecule has 0 fully saturated rings. The molecule has 18 heavy (non-hydrogen) atoms. The first kappa shape index (κ1) is 12.7. The van der Waals surface area contributed by atoms with Crippen molar-refractivity contribution in [2.45, 2.75) is 25.9 Å². The number of phenols is 1. The summed E-state index contributed by atoms with van der Waals surface area (Å²) in [6.07, 6.45) is 0. The lowest BCUT2D eigenvalue weighted by molar-refractivity contribution is -0.145. The fraction of sp³-hybridized carbons (Fsp3) is 0.462.